The summed E-state index contributed by atoms with van der Waals surface area (Å²) in [4.78, 5) is 2.21. The predicted molar refractivity (Wildman–Crippen MR) is 59.8 cm³/mol. The molecule has 0 saturated carbocycles. The molecule has 4 heteroatoms. The fourth-order valence-electron chi connectivity index (χ4n) is 1.26. The van der Waals surface area contributed by atoms with Gasteiger partial charge in [-0.25, -0.2) is 0 Å². The lowest BCUT2D eigenvalue weighted by molar-refractivity contribution is 0.143. The summed E-state index contributed by atoms with van der Waals surface area (Å²) < 4.78 is 0. The molecule has 1 atom stereocenters. The molecule has 0 saturated heterocycles. The third kappa shape index (κ3) is 2.36. The SMILES string of the molecule is CCCN1N=CN(C(C)(C)C)C1Br. The third-order valence-electron chi connectivity index (χ3n) is 2.03. The van der Waals surface area contributed by atoms with E-state index in [9.17, 15) is 0 Å². The number of hydrazone groups is 1. The molecule has 0 radical (unpaired) electrons. The predicted octanol–water partition coefficient (Wildman–Crippen LogP) is 2.43. The minimum atomic E-state index is 0.125. The van der Waals surface area contributed by atoms with Gasteiger partial charge in [-0.1, -0.05) is 6.92 Å². The van der Waals surface area contributed by atoms with Crippen LogP contribution >= 0.6 is 15.9 Å². The molecule has 76 valence electrons. The van der Waals surface area contributed by atoms with Crippen molar-refractivity contribution in [2.24, 2.45) is 5.10 Å². The van der Waals surface area contributed by atoms with Crippen LogP contribution in [0.5, 0.6) is 0 Å². The Labute approximate surface area is 88.9 Å². The Morgan fingerprint density at radius 1 is 1.46 bits per heavy atom. The first-order chi connectivity index (χ1) is 5.96. The molecule has 0 aromatic heterocycles. The molecule has 1 aliphatic heterocycles. The Kier molecular flexibility index (Phi) is 3.22. The highest BCUT2D eigenvalue weighted by Gasteiger charge is 2.32. The molecule has 1 rings (SSSR count). The second kappa shape index (κ2) is 3.86. The fourth-order valence-corrected chi connectivity index (χ4v) is 2.29. The van der Waals surface area contributed by atoms with Crippen molar-refractivity contribution in [1.29, 1.82) is 0 Å². The lowest BCUT2D eigenvalue weighted by atomic mass is 10.1. The topological polar surface area (TPSA) is 18.8 Å². The van der Waals surface area contributed by atoms with E-state index in [1.54, 1.807) is 0 Å². The van der Waals surface area contributed by atoms with Gasteiger partial charge in [0.2, 0.25) is 0 Å². The Hall–Kier alpha value is -0.250. The highest BCUT2D eigenvalue weighted by atomic mass is 79.9. The van der Waals surface area contributed by atoms with Crippen LogP contribution in [-0.2, 0) is 0 Å². The summed E-state index contributed by atoms with van der Waals surface area (Å²) in [5, 5.41) is 6.62. The Bertz CT molecular complexity index is 198. The van der Waals surface area contributed by atoms with E-state index < -0.39 is 0 Å². The molecule has 13 heavy (non-hydrogen) atoms. The second-order valence-electron chi connectivity index (χ2n) is 4.28. The van der Waals surface area contributed by atoms with Crippen LogP contribution in [0.4, 0.5) is 0 Å². The van der Waals surface area contributed by atoms with Crippen molar-refractivity contribution in [3.05, 3.63) is 0 Å². The molecule has 0 N–H and O–H groups in total. The first-order valence-electron chi connectivity index (χ1n) is 4.70. The van der Waals surface area contributed by atoms with E-state index in [1.807, 2.05) is 6.34 Å². The largest absolute Gasteiger partial charge is 0.326 e. The number of alkyl halides is 1. The molecule has 0 aromatic rings. The molecule has 1 unspecified atom stereocenters. The van der Waals surface area contributed by atoms with Gasteiger partial charge in [0, 0.05) is 12.1 Å². The number of nitrogens with zero attached hydrogens (tertiary/aromatic N) is 3. The van der Waals surface area contributed by atoms with Crippen molar-refractivity contribution in [2.75, 3.05) is 6.54 Å². The van der Waals surface area contributed by atoms with Crippen LogP contribution < -0.4 is 0 Å². The number of halogens is 1. The Morgan fingerprint density at radius 3 is 2.46 bits per heavy atom. The summed E-state index contributed by atoms with van der Waals surface area (Å²) in [7, 11) is 0. The highest BCUT2D eigenvalue weighted by molar-refractivity contribution is 9.09. The van der Waals surface area contributed by atoms with Crippen molar-refractivity contribution in [3.63, 3.8) is 0 Å². The van der Waals surface area contributed by atoms with Gasteiger partial charge in [0.15, 0.2) is 5.08 Å². The average molecular weight is 248 g/mol. The fraction of sp³-hybridized carbons (Fsp3) is 0.889. The zero-order valence-electron chi connectivity index (χ0n) is 8.79. The van der Waals surface area contributed by atoms with Gasteiger partial charge in [0.05, 0.1) is 0 Å². The van der Waals surface area contributed by atoms with E-state index in [2.05, 4.69) is 58.6 Å². The van der Waals surface area contributed by atoms with Crippen molar-refractivity contribution in [2.45, 2.75) is 44.7 Å². The van der Waals surface area contributed by atoms with E-state index in [0.29, 0.717) is 0 Å². The van der Waals surface area contributed by atoms with Crippen LogP contribution in [0.3, 0.4) is 0 Å². The summed E-state index contributed by atoms with van der Waals surface area (Å²) in [6.07, 6.45) is 3.03. The summed E-state index contributed by atoms with van der Waals surface area (Å²) in [6, 6.07) is 0. The minimum Gasteiger partial charge on any atom is -0.326 e. The molecule has 0 bridgehead atoms. The summed E-state index contributed by atoms with van der Waals surface area (Å²) in [5.74, 6) is 0. The zero-order chi connectivity index (χ0) is 10.1. The maximum absolute atomic E-state index is 4.34. The van der Waals surface area contributed by atoms with Gasteiger partial charge in [-0.05, 0) is 43.1 Å². The normalized spacial score (nSPS) is 23.0. The van der Waals surface area contributed by atoms with Crippen molar-refractivity contribution in [1.82, 2.24) is 9.91 Å². The lowest BCUT2D eigenvalue weighted by Gasteiger charge is -2.35. The molecule has 1 heterocycles. The van der Waals surface area contributed by atoms with Crippen molar-refractivity contribution in [3.8, 4) is 0 Å². The molecule has 1 aliphatic rings. The lowest BCUT2D eigenvalue weighted by Crippen LogP contribution is -2.46. The smallest absolute Gasteiger partial charge is 0.176 e. The van der Waals surface area contributed by atoms with Crippen molar-refractivity contribution < 1.29 is 0 Å². The van der Waals surface area contributed by atoms with E-state index in [1.165, 1.54) is 0 Å². The first kappa shape index (κ1) is 10.8. The van der Waals surface area contributed by atoms with E-state index in [0.717, 1.165) is 13.0 Å². The minimum absolute atomic E-state index is 0.125. The maximum atomic E-state index is 4.34. The number of hydrogen-bond acceptors (Lipinski definition) is 3. The molecular weight excluding hydrogens is 230 g/mol. The van der Waals surface area contributed by atoms with Crippen LogP contribution in [-0.4, -0.2) is 33.4 Å². The van der Waals surface area contributed by atoms with Crippen LogP contribution in [0.1, 0.15) is 34.1 Å². The zero-order valence-corrected chi connectivity index (χ0v) is 10.4. The number of rotatable bonds is 2. The van der Waals surface area contributed by atoms with Gasteiger partial charge in [0.25, 0.3) is 0 Å². The first-order valence-corrected chi connectivity index (χ1v) is 5.61. The molecule has 0 aliphatic carbocycles. The standard InChI is InChI=1S/C9H18BrN3/c1-5-6-13-8(10)12(7-11-13)9(2,3)4/h7-8H,5-6H2,1-4H3. The van der Waals surface area contributed by atoms with E-state index >= 15 is 0 Å². The summed E-state index contributed by atoms with van der Waals surface area (Å²) >= 11 is 3.63. The monoisotopic (exact) mass is 247 g/mol. The quantitative estimate of drug-likeness (QED) is 0.552. The van der Waals surface area contributed by atoms with Crippen molar-refractivity contribution >= 4 is 22.3 Å². The third-order valence-corrected chi connectivity index (χ3v) is 2.94. The summed E-state index contributed by atoms with van der Waals surface area (Å²) in [5.41, 5.74) is 0.125. The molecule has 0 aromatic carbocycles. The Morgan fingerprint density at radius 2 is 2.08 bits per heavy atom. The molecular formula is C9H18BrN3. The molecule has 3 nitrogen and oxygen atoms in total. The average Bonchev–Trinajstić information content (AvgIpc) is 2.32. The maximum Gasteiger partial charge on any atom is 0.176 e. The van der Waals surface area contributed by atoms with Crippen LogP contribution in [0.2, 0.25) is 0 Å². The van der Waals surface area contributed by atoms with Gasteiger partial charge >= 0.3 is 0 Å². The van der Waals surface area contributed by atoms with E-state index in [-0.39, 0.29) is 10.6 Å². The summed E-state index contributed by atoms with van der Waals surface area (Å²) in [6.45, 7) is 9.71. The van der Waals surface area contributed by atoms with Gasteiger partial charge in [-0.2, -0.15) is 5.10 Å². The second-order valence-corrected chi connectivity index (χ2v) is 5.10. The van der Waals surface area contributed by atoms with Crippen LogP contribution in [0.15, 0.2) is 5.10 Å². The van der Waals surface area contributed by atoms with E-state index in [4.69, 9.17) is 0 Å². The van der Waals surface area contributed by atoms with Gasteiger partial charge in [0.1, 0.15) is 6.34 Å². The molecule has 0 spiro atoms. The highest BCUT2D eigenvalue weighted by Crippen LogP contribution is 2.25. The van der Waals surface area contributed by atoms with Gasteiger partial charge in [-0.3, -0.25) is 5.01 Å². The molecule has 0 amide bonds. The van der Waals surface area contributed by atoms with Crippen LogP contribution in [0.25, 0.3) is 0 Å². The van der Waals surface area contributed by atoms with Gasteiger partial charge in [-0.15, -0.1) is 0 Å². The van der Waals surface area contributed by atoms with Crippen LogP contribution in [0, 0.1) is 0 Å². The molecule has 0 fully saturated rings. The van der Waals surface area contributed by atoms with Gasteiger partial charge < -0.3 is 4.90 Å². The number of hydrogen-bond donors (Lipinski definition) is 0. The Balaban J connectivity index is 2.61.